The predicted molar refractivity (Wildman–Crippen MR) is 120 cm³/mol. The van der Waals surface area contributed by atoms with Crippen molar-refractivity contribution in [3.8, 4) is 16.8 Å². The molecule has 5 aromatic rings. The van der Waals surface area contributed by atoms with Crippen molar-refractivity contribution in [2.45, 2.75) is 20.4 Å². The van der Waals surface area contributed by atoms with E-state index in [1.807, 2.05) is 37.4 Å². The van der Waals surface area contributed by atoms with Gasteiger partial charge in [0.15, 0.2) is 5.82 Å². The SMILES string of the molecule is Cc1nnn(-c2ccc(C)c(NC(=O)c3cnn4ccc(-c5cnn(CCO)c5)cc34)c2)n1. The van der Waals surface area contributed by atoms with Gasteiger partial charge >= 0.3 is 0 Å². The Morgan fingerprint density at radius 2 is 1.97 bits per heavy atom. The summed E-state index contributed by atoms with van der Waals surface area (Å²) in [6, 6.07) is 9.36. The third-order valence-corrected chi connectivity index (χ3v) is 5.28. The van der Waals surface area contributed by atoms with Crippen molar-refractivity contribution in [3.05, 3.63) is 72.1 Å². The Balaban J connectivity index is 1.45. The third-order valence-electron chi connectivity index (χ3n) is 5.28. The summed E-state index contributed by atoms with van der Waals surface area (Å²) in [4.78, 5) is 14.6. The van der Waals surface area contributed by atoms with Crippen LogP contribution in [0.4, 0.5) is 5.69 Å². The Bertz CT molecular complexity index is 1460. The molecule has 0 spiro atoms. The molecule has 0 radical (unpaired) electrons. The van der Waals surface area contributed by atoms with Gasteiger partial charge in [0.25, 0.3) is 5.91 Å². The summed E-state index contributed by atoms with van der Waals surface area (Å²) < 4.78 is 3.33. The lowest BCUT2D eigenvalue weighted by Crippen LogP contribution is -2.13. The van der Waals surface area contributed by atoms with Gasteiger partial charge in [-0.25, -0.2) is 4.52 Å². The molecule has 166 valence electrons. The molecule has 0 aliphatic carbocycles. The lowest BCUT2D eigenvalue weighted by Gasteiger charge is -2.10. The van der Waals surface area contributed by atoms with Crippen molar-refractivity contribution in [1.82, 2.24) is 39.6 Å². The zero-order valence-electron chi connectivity index (χ0n) is 18.0. The number of benzene rings is 1. The number of nitrogens with one attached hydrogen (secondary N) is 1. The number of aryl methyl sites for hydroxylation is 2. The molecule has 0 aliphatic heterocycles. The van der Waals surface area contributed by atoms with Crippen molar-refractivity contribution < 1.29 is 9.90 Å². The van der Waals surface area contributed by atoms with Crippen LogP contribution < -0.4 is 5.32 Å². The van der Waals surface area contributed by atoms with Crippen LogP contribution in [-0.2, 0) is 6.54 Å². The number of rotatable bonds is 6. The maximum Gasteiger partial charge on any atom is 0.259 e. The normalized spacial score (nSPS) is 11.2. The molecular weight excluding hydrogens is 422 g/mol. The Kier molecular flexibility index (Phi) is 5.15. The first-order valence-electron chi connectivity index (χ1n) is 10.3. The Morgan fingerprint density at radius 3 is 2.76 bits per heavy atom. The molecule has 0 unspecified atom stereocenters. The summed E-state index contributed by atoms with van der Waals surface area (Å²) in [5, 5.41) is 32.8. The third kappa shape index (κ3) is 3.96. The molecule has 4 heterocycles. The lowest BCUT2D eigenvalue weighted by atomic mass is 10.1. The molecule has 11 nitrogen and oxygen atoms in total. The monoisotopic (exact) mass is 443 g/mol. The largest absolute Gasteiger partial charge is 0.394 e. The molecule has 2 N–H and O–H groups in total. The zero-order chi connectivity index (χ0) is 22.9. The Labute approximate surface area is 188 Å². The number of carbonyl (C=O) groups excluding carboxylic acids is 1. The highest BCUT2D eigenvalue weighted by atomic mass is 16.3. The standard InChI is InChI=1S/C22H21N9O2/c1-14-3-4-18(31-27-15(2)26-28-31)10-20(14)25-22(33)19-12-24-30-6-5-16(9-21(19)30)17-11-23-29(13-17)7-8-32/h3-6,9-13,32H,7-8H2,1-2H3,(H,25,33). The van der Waals surface area contributed by atoms with Crippen LogP contribution in [0.25, 0.3) is 22.3 Å². The van der Waals surface area contributed by atoms with E-state index in [9.17, 15) is 4.79 Å². The fourth-order valence-corrected chi connectivity index (χ4v) is 3.52. The van der Waals surface area contributed by atoms with E-state index >= 15 is 0 Å². The van der Waals surface area contributed by atoms with Gasteiger partial charge in [0.2, 0.25) is 0 Å². The summed E-state index contributed by atoms with van der Waals surface area (Å²) in [5.41, 5.74) is 5.13. The molecule has 11 heteroatoms. The summed E-state index contributed by atoms with van der Waals surface area (Å²) in [5.74, 6) is 0.284. The van der Waals surface area contributed by atoms with Gasteiger partial charge in [-0.2, -0.15) is 10.2 Å². The van der Waals surface area contributed by atoms with Crippen molar-refractivity contribution in [1.29, 1.82) is 0 Å². The van der Waals surface area contributed by atoms with E-state index in [1.54, 1.807) is 40.8 Å². The van der Waals surface area contributed by atoms with E-state index in [-0.39, 0.29) is 12.5 Å². The Morgan fingerprint density at radius 1 is 1.09 bits per heavy atom. The van der Waals surface area contributed by atoms with Crippen LogP contribution in [0.2, 0.25) is 0 Å². The van der Waals surface area contributed by atoms with E-state index in [0.29, 0.717) is 34.8 Å². The van der Waals surface area contributed by atoms with Gasteiger partial charge in [-0.05, 0) is 54.5 Å². The number of hydrogen-bond acceptors (Lipinski definition) is 7. The number of anilines is 1. The number of carbonyl (C=O) groups is 1. The molecule has 33 heavy (non-hydrogen) atoms. The lowest BCUT2D eigenvalue weighted by molar-refractivity contribution is 0.102. The van der Waals surface area contributed by atoms with Crippen molar-refractivity contribution in [3.63, 3.8) is 0 Å². The quantitative estimate of drug-likeness (QED) is 0.411. The summed E-state index contributed by atoms with van der Waals surface area (Å²) >= 11 is 0. The summed E-state index contributed by atoms with van der Waals surface area (Å²) in [7, 11) is 0. The second-order valence-corrected chi connectivity index (χ2v) is 7.60. The van der Waals surface area contributed by atoms with Crippen LogP contribution in [0, 0.1) is 13.8 Å². The van der Waals surface area contributed by atoms with Crippen LogP contribution >= 0.6 is 0 Å². The number of aliphatic hydroxyl groups excluding tert-OH is 1. The summed E-state index contributed by atoms with van der Waals surface area (Å²) in [6.45, 7) is 4.11. The van der Waals surface area contributed by atoms with E-state index < -0.39 is 0 Å². The number of aromatic nitrogens is 8. The van der Waals surface area contributed by atoms with Gasteiger partial charge in [0.1, 0.15) is 0 Å². The number of hydrogen-bond donors (Lipinski definition) is 2. The maximum atomic E-state index is 13.2. The Hall–Kier alpha value is -4.38. The van der Waals surface area contributed by atoms with E-state index in [2.05, 4.69) is 30.9 Å². The van der Waals surface area contributed by atoms with Gasteiger partial charge < -0.3 is 10.4 Å². The molecule has 0 saturated carbocycles. The fraction of sp³-hybridized carbons (Fsp3) is 0.182. The van der Waals surface area contributed by atoms with Crippen LogP contribution in [0.5, 0.6) is 0 Å². The average molecular weight is 443 g/mol. The van der Waals surface area contributed by atoms with Crippen molar-refractivity contribution in [2.75, 3.05) is 11.9 Å². The number of fused-ring (bicyclic) bond motifs is 1. The number of pyridine rings is 1. The number of tetrazole rings is 1. The van der Waals surface area contributed by atoms with E-state index in [4.69, 9.17) is 5.11 Å². The maximum absolute atomic E-state index is 13.2. The molecule has 5 rings (SSSR count). The van der Waals surface area contributed by atoms with Gasteiger partial charge in [-0.1, -0.05) is 6.07 Å². The van der Waals surface area contributed by atoms with Gasteiger partial charge in [0.05, 0.1) is 42.3 Å². The van der Waals surface area contributed by atoms with Gasteiger partial charge in [-0.15, -0.1) is 15.0 Å². The first-order chi connectivity index (χ1) is 16.0. The molecule has 0 aliphatic rings. The average Bonchev–Trinajstić information content (AvgIpc) is 3.54. The highest BCUT2D eigenvalue weighted by Crippen LogP contribution is 2.24. The minimum absolute atomic E-state index is 0.0142. The van der Waals surface area contributed by atoms with Crippen molar-refractivity contribution in [2.24, 2.45) is 0 Å². The minimum atomic E-state index is -0.277. The number of nitrogens with zero attached hydrogens (tertiary/aromatic N) is 8. The molecule has 0 atom stereocenters. The molecule has 0 bridgehead atoms. The fourth-order valence-electron chi connectivity index (χ4n) is 3.52. The number of aliphatic hydroxyl groups is 1. The van der Waals surface area contributed by atoms with Crippen molar-refractivity contribution >= 4 is 17.1 Å². The van der Waals surface area contributed by atoms with Crippen LogP contribution in [-0.4, -0.2) is 57.2 Å². The summed E-state index contributed by atoms with van der Waals surface area (Å²) in [6.07, 6.45) is 6.93. The first kappa shape index (κ1) is 20.5. The number of amides is 1. The topological polar surface area (TPSA) is 128 Å². The molecule has 0 fully saturated rings. The van der Waals surface area contributed by atoms with Gasteiger partial charge in [0, 0.05) is 23.6 Å². The van der Waals surface area contributed by atoms with Gasteiger partial charge in [-0.3, -0.25) is 9.48 Å². The second kappa shape index (κ2) is 8.28. The van der Waals surface area contributed by atoms with Crippen LogP contribution in [0.1, 0.15) is 21.7 Å². The molecule has 1 aromatic carbocycles. The highest BCUT2D eigenvalue weighted by Gasteiger charge is 2.16. The molecule has 1 amide bonds. The molecular formula is C22H21N9O2. The van der Waals surface area contributed by atoms with E-state index in [0.717, 1.165) is 16.7 Å². The first-order valence-corrected chi connectivity index (χ1v) is 10.3. The zero-order valence-corrected chi connectivity index (χ0v) is 18.0. The van der Waals surface area contributed by atoms with Crippen LogP contribution in [0.3, 0.4) is 0 Å². The highest BCUT2D eigenvalue weighted by molar-refractivity contribution is 6.09. The minimum Gasteiger partial charge on any atom is -0.394 e. The van der Waals surface area contributed by atoms with Crippen LogP contribution in [0.15, 0.2) is 55.1 Å². The van der Waals surface area contributed by atoms with E-state index in [1.165, 1.54) is 4.80 Å². The molecule has 4 aromatic heterocycles. The predicted octanol–water partition coefficient (Wildman–Crippen LogP) is 2.03. The molecule has 0 saturated heterocycles. The smallest absolute Gasteiger partial charge is 0.259 e. The second-order valence-electron chi connectivity index (χ2n) is 7.60.